The van der Waals surface area contributed by atoms with Gasteiger partial charge in [0, 0.05) is 32.7 Å². The van der Waals surface area contributed by atoms with Gasteiger partial charge in [-0.05, 0) is 54.2 Å². The van der Waals surface area contributed by atoms with E-state index in [0.29, 0.717) is 12.1 Å². The predicted octanol–water partition coefficient (Wildman–Crippen LogP) is 4.36. The zero-order valence-electron chi connectivity index (χ0n) is 19.1. The van der Waals surface area contributed by atoms with Crippen molar-refractivity contribution in [2.24, 2.45) is 0 Å². The van der Waals surface area contributed by atoms with Crippen LogP contribution in [0.2, 0.25) is 0 Å². The fraction of sp³-hybridized carbons (Fsp3) is 0.462. The van der Waals surface area contributed by atoms with Crippen LogP contribution in [0.15, 0.2) is 48.5 Å². The van der Waals surface area contributed by atoms with E-state index in [1.165, 1.54) is 11.1 Å². The molecule has 3 rings (SSSR count). The number of carbonyl (C=O) groups is 1. The average Bonchev–Trinajstić information content (AvgIpc) is 2.99. The maximum absolute atomic E-state index is 13.0. The summed E-state index contributed by atoms with van der Waals surface area (Å²) < 4.78 is 5.95. The van der Waals surface area contributed by atoms with Gasteiger partial charge in [-0.15, -0.1) is 0 Å². The van der Waals surface area contributed by atoms with Crippen molar-refractivity contribution >= 4 is 5.91 Å². The molecule has 164 valence electrons. The van der Waals surface area contributed by atoms with Gasteiger partial charge < -0.3 is 9.64 Å². The summed E-state index contributed by atoms with van der Waals surface area (Å²) in [6.07, 6.45) is 0.431. The van der Waals surface area contributed by atoms with Crippen LogP contribution in [0.4, 0.5) is 0 Å². The second-order valence-corrected chi connectivity index (χ2v) is 9.30. The molecular weight excluding hydrogens is 386 g/mol. The molecule has 1 saturated heterocycles. The summed E-state index contributed by atoms with van der Waals surface area (Å²) in [5.74, 6) is 0.770. The van der Waals surface area contributed by atoms with E-state index < -0.39 is 6.10 Å². The van der Waals surface area contributed by atoms with Crippen LogP contribution in [0.25, 0.3) is 0 Å². The van der Waals surface area contributed by atoms with E-state index in [1.54, 1.807) is 0 Å². The molecule has 0 aliphatic carbocycles. The lowest BCUT2D eigenvalue weighted by Crippen LogP contribution is -2.42. The van der Waals surface area contributed by atoms with Gasteiger partial charge in [0.1, 0.15) is 5.75 Å². The number of carbonyl (C=O) groups excluding carboxylic acids is 1. The molecule has 2 aromatic rings. The molecule has 0 bridgehead atoms. The van der Waals surface area contributed by atoms with Crippen LogP contribution in [-0.2, 0) is 16.8 Å². The minimum absolute atomic E-state index is 0.0418. The number of amides is 1. The summed E-state index contributed by atoms with van der Waals surface area (Å²) in [5, 5.41) is 8.94. The van der Waals surface area contributed by atoms with Crippen molar-refractivity contribution in [1.82, 2.24) is 9.80 Å². The maximum atomic E-state index is 13.0. The molecule has 1 atom stereocenters. The first-order valence-electron chi connectivity index (χ1n) is 11.0. The van der Waals surface area contributed by atoms with Gasteiger partial charge in [0.25, 0.3) is 5.91 Å². The molecule has 0 aromatic heterocycles. The van der Waals surface area contributed by atoms with Crippen LogP contribution < -0.4 is 4.74 Å². The van der Waals surface area contributed by atoms with Gasteiger partial charge >= 0.3 is 0 Å². The lowest BCUT2D eigenvalue weighted by atomic mass is 9.87. The summed E-state index contributed by atoms with van der Waals surface area (Å²) in [5.41, 5.74) is 3.21. The number of hydrogen-bond acceptors (Lipinski definition) is 4. The number of nitriles is 1. The second-order valence-electron chi connectivity index (χ2n) is 9.30. The fourth-order valence-electron chi connectivity index (χ4n) is 3.84. The highest BCUT2D eigenvalue weighted by Crippen LogP contribution is 2.25. The molecule has 5 nitrogen and oxygen atoms in total. The first-order chi connectivity index (χ1) is 14.8. The minimum atomic E-state index is -0.509. The van der Waals surface area contributed by atoms with E-state index in [9.17, 15) is 4.79 Å². The van der Waals surface area contributed by atoms with Crippen molar-refractivity contribution in [1.29, 1.82) is 5.26 Å². The molecule has 1 aliphatic heterocycles. The monoisotopic (exact) mass is 419 g/mol. The van der Waals surface area contributed by atoms with Gasteiger partial charge in [-0.3, -0.25) is 9.69 Å². The van der Waals surface area contributed by atoms with Gasteiger partial charge in [0.05, 0.1) is 11.6 Å². The van der Waals surface area contributed by atoms with Crippen molar-refractivity contribution < 1.29 is 9.53 Å². The third kappa shape index (κ3) is 6.32. The molecule has 1 fully saturated rings. The molecule has 1 unspecified atom stereocenters. The van der Waals surface area contributed by atoms with Crippen LogP contribution in [-0.4, -0.2) is 48.0 Å². The Morgan fingerprint density at radius 1 is 1.03 bits per heavy atom. The lowest BCUT2D eigenvalue weighted by Gasteiger charge is -2.25. The van der Waals surface area contributed by atoms with Gasteiger partial charge in [-0.1, -0.05) is 45.0 Å². The number of rotatable bonds is 5. The zero-order chi connectivity index (χ0) is 22.4. The molecule has 0 N–H and O–H groups in total. The van der Waals surface area contributed by atoms with Crippen LogP contribution in [0.3, 0.4) is 0 Å². The summed E-state index contributed by atoms with van der Waals surface area (Å²) in [6, 6.07) is 17.9. The summed E-state index contributed by atoms with van der Waals surface area (Å²) >= 11 is 0. The largest absolute Gasteiger partial charge is 0.481 e. The first-order valence-corrected chi connectivity index (χ1v) is 11.0. The number of hydrogen-bond donors (Lipinski definition) is 0. The maximum Gasteiger partial charge on any atom is 0.263 e. The Morgan fingerprint density at radius 2 is 1.71 bits per heavy atom. The van der Waals surface area contributed by atoms with E-state index in [0.717, 1.165) is 38.3 Å². The molecule has 31 heavy (non-hydrogen) atoms. The molecule has 0 saturated carbocycles. The molecule has 2 aromatic carbocycles. The number of ether oxygens (including phenoxy) is 1. The van der Waals surface area contributed by atoms with E-state index in [-0.39, 0.29) is 11.3 Å². The van der Waals surface area contributed by atoms with Crippen molar-refractivity contribution in [3.8, 4) is 11.8 Å². The summed E-state index contributed by atoms with van der Waals surface area (Å²) in [4.78, 5) is 17.3. The SMILES string of the molecule is CC(Oc1ccc(C(C)(C)C)cc1)C(=O)N1CCCN(Cc2ccc(C#N)cc2)CC1. The Labute approximate surface area is 186 Å². The highest BCUT2D eigenvalue weighted by molar-refractivity contribution is 5.81. The fourth-order valence-corrected chi connectivity index (χ4v) is 3.84. The highest BCUT2D eigenvalue weighted by Gasteiger charge is 2.25. The van der Waals surface area contributed by atoms with Crippen LogP contribution in [0.5, 0.6) is 5.75 Å². The minimum Gasteiger partial charge on any atom is -0.481 e. The first kappa shape index (κ1) is 22.8. The molecule has 1 aliphatic rings. The van der Waals surface area contributed by atoms with Gasteiger partial charge in [0.15, 0.2) is 6.10 Å². The second kappa shape index (κ2) is 9.98. The highest BCUT2D eigenvalue weighted by atomic mass is 16.5. The molecule has 1 heterocycles. The molecule has 0 spiro atoms. The molecule has 5 heteroatoms. The predicted molar refractivity (Wildman–Crippen MR) is 123 cm³/mol. The smallest absolute Gasteiger partial charge is 0.263 e. The topological polar surface area (TPSA) is 56.6 Å². The van der Waals surface area contributed by atoms with Crippen LogP contribution >= 0.6 is 0 Å². The van der Waals surface area contributed by atoms with Gasteiger partial charge in [-0.2, -0.15) is 5.26 Å². The van der Waals surface area contributed by atoms with Gasteiger partial charge in [-0.25, -0.2) is 0 Å². The van der Waals surface area contributed by atoms with E-state index in [2.05, 4.69) is 43.9 Å². The Morgan fingerprint density at radius 3 is 2.32 bits per heavy atom. The Kier molecular flexibility index (Phi) is 7.35. The average molecular weight is 420 g/mol. The van der Waals surface area contributed by atoms with Crippen molar-refractivity contribution in [3.05, 3.63) is 65.2 Å². The number of benzene rings is 2. The molecular formula is C26H33N3O2. The zero-order valence-corrected chi connectivity index (χ0v) is 19.1. The Balaban J connectivity index is 1.52. The Hall–Kier alpha value is -2.84. The van der Waals surface area contributed by atoms with Crippen LogP contribution in [0, 0.1) is 11.3 Å². The van der Waals surface area contributed by atoms with E-state index in [4.69, 9.17) is 10.00 Å². The van der Waals surface area contributed by atoms with E-state index >= 15 is 0 Å². The van der Waals surface area contributed by atoms with Crippen molar-refractivity contribution in [3.63, 3.8) is 0 Å². The summed E-state index contributed by atoms with van der Waals surface area (Å²) in [6.45, 7) is 12.4. The van der Waals surface area contributed by atoms with Crippen LogP contribution in [0.1, 0.15) is 50.8 Å². The van der Waals surface area contributed by atoms with E-state index in [1.807, 2.05) is 48.2 Å². The summed E-state index contributed by atoms with van der Waals surface area (Å²) in [7, 11) is 0. The molecule has 1 amide bonds. The lowest BCUT2D eigenvalue weighted by molar-refractivity contribution is -0.137. The standard InChI is InChI=1S/C26H33N3O2/c1-20(31-24-12-10-23(11-13-24)26(2,3)4)25(30)29-15-5-14-28(16-17-29)19-22-8-6-21(18-27)7-9-22/h6-13,20H,5,14-17,19H2,1-4H3. The number of nitrogens with zero attached hydrogens (tertiary/aromatic N) is 3. The molecule has 0 radical (unpaired) electrons. The Bertz CT molecular complexity index is 908. The van der Waals surface area contributed by atoms with Crippen molar-refractivity contribution in [2.75, 3.05) is 26.2 Å². The normalized spacial score (nSPS) is 16.3. The van der Waals surface area contributed by atoms with Crippen molar-refractivity contribution in [2.45, 2.75) is 52.2 Å². The third-order valence-corrected chi connectivity index (χ3v) is 5.77. The van der Waals surface area contributed by atoms with Gasteiger partial charge in [0.2, 0.25) is 0 Å². The quantitative estimate of drug-likeness (QED) is 0.723. The third-order valence-electron chi connectivity index (χ3n) is 5.77.